The van der Waals surface area contributed by atoms with Crippen LogP contribution in [0.1, 0.15) is 31.7 Å². The van der Waals surface area contributed by atoms with Crippen LogP contribution in [-0.4, -0.2) is 48.1 Å². The normalized spacial score (nSPS) is 16.8. The van der Waals surface area contributed by atoms with Gasteiger partial charge in [-0.1, -0.05) is 30.3 Å². The number of hydrogen-bond donors (Lipinski definition) is 2. The van der Waals surface area contributed by atoms with E-state index in [2.05, 4.69) is 51.9 Å². The highest BCUT2D eigenvalue weighted by atomic mass is 32.1. The third-order valence-corrected chi connectivity index (χ3v) is 5.70. The van der Waals surface area contributed by atoms with Crippen LogP contribution in [0.15, 0.2) is 40.7 Å². The number of hydrogen-bond acceptors (Lipinski definition) is 4. The van der Waals surface area contributed by atoms with E-state index in [4.69, 9.17) is 4.98 Å². The van der Waals surface area contributed by atoms with Crippen molar-refractivity contribution in [3.05, 3.63) is 40.7 Å². The van der Waals surface area contributed by atoms with Crippen LogP contribution in [0.4, 0.5) is 0 Å². The van der Waals surface area contributed by atoms with E-state index in [1.165, 1.54) is 0 Å². The molecular weight excluding hydrogens is 342 g/mol. The van der Waals surface area contributed by atoms with E-state index < -0.39 is 0 Å². The Morgan fingerprint density at radius 2 is 2.00 bits per heavy atom. The van der Waals surface area contributed by atoms with Crippen molar-refractivity contribution in [2.45, 2.75) is 45.3 Å². The lowest BCUT2D eigenvalue weighted by Crippen LogP contribution is -2.49. The van der Waals surface area contributed by atoms with Gasteiger partial charge in [0.2, 0.25) is 0 Å². The molecule has 0 aliphatic carbocycles. The van der Waals surface area contributed by atoms with Crippen molar-refractivity contribution in [3.8, 4) is 11.3 Å². The zero-order valence-electron chi connectivity index (χ0n) is 15.9. The quantitative estimate of drug-likeness (QED) is 0.625. The summed E-state index contributed by atoms with van der Waals surface area (Å²) >= 11 is 1.68. The molecule has 0 radical (unpaired) electrons. The average molecular weight is 372 g/mol. The number of thiazole rings is 1. The SMILES string of the molecule is CN=C(NCc1nc(-c2ccccc2)cs1)NC1CCN(C(C)C)CC1. The maximum Gasteiger partial charge on any atom is 0.191 e. The van der Waals surface area contributed by atoms with Gasteiger partial charge in [0.15, 0.2) is 5.96 Å². The largest absolute Gasteiger partial charge is 0.354 e. The molecule has 1 fully saturated rings. The first-order valence-corrected chi connectivity index (χ1v) is 10.2. The van der Waals surface area contributed by atoms with Crippen LogP contribution in [0, 0.1) is 0 Å². The summed E-state index contributed by atoms with van der Waals surface area (Å²) in [5.41, 5.74) is 2.20. The summed E-state index contributed by atoms with van der Waals surface area (Å²) in [5.74, 6) is 0.865. The Bertz CT molecular complexity index is 702. The van der Waals surface area contributed by atoms with E-state index in [1.807, 2.05) is 25.2 Å². The lowest BCUT2D eigenvalue weighted by atomic mass is 10.0. The summed E-state index contributed by atoms with van der Waals surface area (Å²) in [6.45, 7) is 7.54. The topological polar surface area (TPSA) is 52.6 Å². The molecule has 6 heteroatoms. The molecule has 140 valence electrons. The van der Waals surface area contributed by atoms with E-state index >= 15 is 0 Å². The summed E-state index contributed by atoms with van der Waals surface area (Å²) in [4.78, 5) is 11.6. The third-order valence-electron chi connectivity index (χ3n) is 4.85. The molecule has 0 spiro atoms. The molecule has 2 N–H and O–H groups in total. The van der Waals surface area contributed by atoms with Gasteiger partial charge in [0.05, 0.1) is 12.2 Å². The number of piperidine rings is 1. The number of rotatable bonds is 5. The minimum absolute atomic E-state index is 0.493. The van der Waals surface area contributed by atoms with Gasteiger partial charge >= 0.3 is 0 Å². The number of guanidine groups is 1. The second-order valence-corrected chi connectivity index (χ2v) is 7.91. The Morgan fingerprint density at radius 3 is 2.65 bits per heavy atom. The van der Waals surface area contributed by atoms with Gasteiger partial charge in [-0.15, -0.1) is 11.3 Å². The van der Waals surface area contributed by atoms with Gasteiger partial charge in [0.25, 0.3) is 0 Å². The lowest BCUT2D eigenvalue weighted by Gasteiger charge is -2.35. The first kappa shape index (κ1) is 18.9. The highest BCUT2D eigenvalue weighted by Gasteiger charge is 2.21. The zero-order valence-corrected chi connectivity index (χ0v) is 16.7. The number of likely N-dealkylation sites (tertiary alicyclic amines) is 1. The Balaban J connectivity index is 1.48. The molecule has 3 rings (SSSR count). The maximum absolute atomic E-state index is 4.73. The van der Waals surface area contributed by atoms with Crippen molar-refractivity contribution in [3.63, 3.8) is 0 Å². The number of nitrogens with one attached hydrogen (secondary N) is 2. The molecule has 0 bridgehead atoms. The van der Waals surface area contributed by atoms with Gasteiger partial charge in [0.1, 0.15) is 5.01 Å². The van der Waals surface area contributed by atoms with Gasteiger partial charge in [0, 0.05) is 43.2 Å². The predicted octanol–water partition coefficient (Wildman–Crippen LogP) is 3.35. The molecule has 1 aromatic carbocycles. The Kier molecular flexibility index (Phi) is 6.63. The van der Waals surface area contributed by atoms with E-state index in [0.717, 1.165) is 48.2 Å². The molecule has 0 atom stereocenters. The fourth-order valence-corrected chi connectivity index (χ4v) is 3.98. The zero-order chi connectivity index (χ0) is 18.4. The van der Waals surface area contributed by atoms with Crippen LogP contribution in [0.2, 0.25) is 0 Å². The van der Waals surface area contributed by atoms with Crippen molar-refractivity contribution in [1.29, 1.82) is 0 Å². The molecule has 26 heavy (non-hydrogen) atoms. The predicted molar refractivity (Wildman–Crippen MR) is 111 cm³/mol. The molecule has 2 heterocycles. The fraction of sp³-hybridized carbons (Fsp3) is 0.500. The summed E-state index contributed by atoms with van der Waals surface area (Å²) in [6.07, 6.45) is 2.32. The Morgan fingerprint density at radius 1 is 1.27 bits per heavy atom. The molecule has 5 nitrogen and oxygen atoms in total. The van der Waals surface area contributed by atoms with Gasteiger partial charge in [-0.25, -0.2) is 4.98 Å². The van der Waals surface area contributed by atoms with Gasteiger partial charge < -0.3 is 15.5 Å². The van der Waals surface area contributed by atoms with E-state index in [-0.39, 0.29) is 0 Å². The maximum atomic E-state index is 4.73. The Hall–Kier alpha value is -1.92. The van der Waals surface area contributed by atoms with Crippen molar-refractivity contribution in [1.82, 2.24) is 20.5 Å². The Labute approximate surface area is 160 Å². The number of nitrogens with zero attached hydrogens (tertiary/aromatic N) is 3. The highest BCUT2D eigenvalue weighted by Crippen LogP contribution is 2.21. The van der Waals surface area contributed by atoms with Crippen molar-refractivity contribution >= 4 is 17.3 Å². The summed E-state index contributed by atoms with van der Waals surface area (Å²) in [5, 5.41) is 10.2. The van der Waals surface area contributed by atoms with Crippen LogP contribution >= 0.6 is 11.3 Å². The third kappa shape index (κ3) is 5.05. The van der Waals surface area contributed by atoms with Crippen LogP contribution in [0.25, 0.3) is 11.3 Å². The van der Waals surface area contributed by atoms with Crippen molar-refractivity contribution in [2.75, 3.05) is 20.1 Å². The molecular formula is C20H29N5S. The molecule has 2 aromatic rings. The minimum Gasteiger partial charge on any atom is -0.354 e. The van der Waals surface area contributed by atoms with Crippen LogP contribution in [0.5, 0.6) is 0 Å². The molecule has 0 amide bonds. The van der Waals surface area contributed by atoms with Crippen LogP contribution in [0.3, 0.4) is 0 Å². The van der Waals surface area contributed by atoms with Crippen molar-refractivity contribution in [2.24, 2.45) is 4.99 Å². The van der Waals surface area contributed by atoms with Gasteiger partial charge in [-0.2, -0.15) is 0 Å². The van der Waals surface area contributed by atoms with Gasteiger partial charge in [-0.05, 0) is 26.7 Å². The monoisotopic (exact) mass is 371 g/mol. The number of benzene rings is 1. The lowest BCUT2D eigenvalue weighted by molar-refractivity contribution is 0.167. The van der Waals surface area contributed by atoms with Crippen LogP contribution < -0.4 is 10.6 Å². The van der Waals surface area contributed by atoms with E-state index in [1.54, 1.807) is 11.3 Å². The first-order valence-electron chi connectivity index (χ1n) is 9.36. The molecule has 0 unspecified atom stereocenters. The smallest absolute Gasteiger partial charge is 0.191 e. The first-order chi connectivity index (χ1) is 12.7. The number of aliphatic imine (C=N–C) groups is 1. The summed E-state index contributed by atoms with van der Waals surface area (Å²) in [6, 6.07) is 11.4. The van der Waals surface area contributed by atoms with E-state index in [0.29, 0.717) is 18.6 Å². The molecule has 0 saturated carbocycles. The second kappa shape index (κ2) is 9.14. The highest BCUT2D eigenvalue weighted by molar-refractivity contribution is 7.09. The van der Waals surface area contributed by atoms with Crippen molar-refractivity contribution < 1.29 is 0 Å². The molecule has 1 aliphatic rings. The van der Waals surface area contributed by atoms with Gasteiger partial charge in [-0.3, -0.25) is 4.99 Å². The second-order valence-electron chi connectivity index (χ2n) is 6.97. The number of aromatic nitrogens is 1. The van der Waals surface area contributed by atoms with Crippen LogP contribution in [-0.2, 0) is 6.54 Å². The molecule has 1 saturated heterocycles. The standard InChI is InChI=1S/C20H29N5S/c1-15(2)25-11-9-17(10-12-25)23-20(21-3)22-13-19-24-18(14-26-19)16-7-5-4-6-8-16/h4-8,14-15,17H,9-13H2,1-3H3,(H2,21,22,23). The fourth-order valence-electron chi connectivity index (χ4n) is 3.24. The summed E-state index contributed by atoms with van der Waals surface area (Å²) < 4.78 is 0. The molecule has 1 aromatic heterocycles. The average Bonchev–Trinajstić information content (AvgIpc) is 3.15. The van der Waals surface area contributed by atoms with E-state index in [9.17, 15) is 0 Å². The minimum atomic E-state index is 0.493. The molecule has 1 aliphatic heterocycles. The summed E-state index contributed by atoms with van der Waals surface area (Å²) in [7, 11) is 1.83.